The van der Waals surface area contributed by atoms with E-state index in [-0.39, 0.29) is 18.5 Å². The fourth-order valence-corrected chi connectivity index (χ4v) is 3.07. The largest absolute Gasteiger partial charge is 0.481 e. The van der Waals surface area contributed by atoms with Crippen LogP contribution in [0.1, 0.15) is 44.2 Å². The molecule has 3 N–H and O–H groups in total. The minimum Gasteiger partial charge on any atom is -0.481 e. The van der Waals surface area contributed by atoms with E-state index in [9.17, 15) is 9.59 Å². The van der Waals surface area contributed by atoms with Gasteiger partial charge < -0.3 is 15.7 Å². The zero-order valence-corrected chi connectivity index (χ0v) is 11.6. The summed E-state index contributed by atoms with van der Waals surface area (Å²) in [6.07, 6.45) is 2.43. The van der Waals surface area contributed by atoms with Crippen molar-refractivity contribution in [2.24, 2.45) is 0 Å². The molecule has 0 aromatic carbocycles. The number of carboxylic acid groups (broad SMARTS) is 1. The summed E-state index contributed by atoms with van der Waals surface area (Å²) in [6, 6.07) is 1.60. The van der Waals surface area contributed by atoms with Crippen molar-refractivity contribution in [3.05, 3.63) is 22.4 Å². The Bertz CT molecular complexity index is 454. The van der Waals surface area contributed by atoms with Gasteiger partial charge in [0.1, 0.15) is 0 Å². The summed E-state index contributed by atoms with van der Waals surface area (Å²) in [4.78, 5) is 22.8. The summed E-state index contributed by atoms with van der Waals surface area (Å²) in [5.41, 5.74) is 0.505. The minimum atomic E-state index is -0.870. The molecule has 104 valence electrons. The molecule has 2 amide bonds. The van der Waals surface area contributed by atoms with E-state index in [0.717, 1.165) is 24.8 Å². The van der Waals surface area contributed by atoms with E-state index >= 15 is 0 Å². The lowest BCUT2D eigenvalue weighted by Gasteiger charge is -2.41. The molecule has 0 saturated heterocycles. The van der Waals surface area contributed by atoms with Gasteiger partial charge in [0.05, 0.1) is 18.0 Å². The van der Waals surface area contributed by atoms with Gasteiger partial charge in [0, 0.05) is 0 Å². The minimum absolute atomic E-state index is 0.00669. The van der Waals surface area contributed by atoms with Crippen molar-refractivity contribution in [2.45, 2.75) is 44.2 Å². The number of amides is 2. The number of carbonyl (C=O) groups excluding carboxylic acids is 1. The number of aliphatic carboxylic acids is 1. The average molecular weight is 282 g/mol. The first-order valence-corrected chi connectivity index (χ1v) is 7.28. The molecule has 0 radical (unpaired) electrons. The Hall–Kier alpha value is -1.56. The average Bonchev–Trinajstić information content (AvgIpc) is 2.78. The van der Waals surface area contributed by atoms with Crippen molar-refractivity contribution in [2.75, 3.05) is 0 Å². The lowest BCUT2D eigenvalue weighted by molar-refractivity contribution is -0.139. The van der Waals surface area contributed by atoms with Gasteiger partial charge in [0.25, 0.3) is 0 Å². The molecule has 2 rings (SSSR count). The first-order chi connectivity index (χ1) is 9.01. The number of carbonyl (C=O) groups is 2. The molecule has 19 heavy (non-hydrogen) atoms. The molecule has 6 heteroatoms. The van der Waals surface area contributed by atoms with E-state index < -0.39 is 11.5 Å². The second-order valence-electron chi connectivity index (χ2n) is 5.08. The fourth-order valence-electron chi connectivity index (χ4n) is 2.32. The van der Waals surface area contributed by atoms with Crippen molar-refractivity contribution >= 4 is 23.3 Å². The van der Waals surface area contributed by atoms with Crippen LogP contribution in [0.25, 0.3) is 0 Å². The maximum absolute atomic E-state index is 11.9. The number of carboxylic acids is 1. The first-order valence-electron chi connectivity index (χ1n) is 6.33. The van der Waals surface area contributed by atoms with E-state index in [0.29, 0.717) is 0 Å². The molecule has 0 aliphatic heterocycles. The number of rotatable bonds is 5. The molecule has 1 atom stereocenters. The second-order valence-corrected chi connectivity index (χ2v) is 5.86. The monoisotopic (exact) mass is 282 g/mol. The molecule has 1 heterocycles. The van der Waals surface area contributed by atoms with Gasteiger partial charge in [-0.15, -0.1) is 0 Å². The highest BCUT2D eigenvalue weighted by atomic mass is 32.1. The van der Waals surface area contributed by atoms with E-state index in [1.165, 1.54) is 0 Å². The van der Waals surface area contributed by atoms with E-state index in [1.54, 1.807) is 11.3 Å². The highest BCUT2D eigenvalue weighted by molar-refractivity contribution is 7.07. The van der Waals surface area contributed by atoms with Crippen LogP contribution in [0.4, 0.5) is 4.79 Å². The fraction of sp³-hybridized carbons (Fsp3) is 0.538. The van der Waals surface area contributed by atoms with Gasteiger partial charge in [-0.25, -0.2) is 4.79 Å². The van der Waals surface area contributed by atoms with Gasteiger partial charge in [-0.3, -0.25) is 4.79 Å². The van der Waals surface area contributed by atoms with Crippen LogP contribution in [0.3, 0.4) is 0 Å². The van der Waals surface area contributed by atoms with E-state index in [2.05, 4.69) is 10.6 Å². The second kappa shape index (κ2) is 5.61. The number of urea groups is 1. The Balaban J connectivity index is 1.88. The molecule has 1 aromatic rings. The normalized spacial score (nSPS) is 18.2. The van der Waals surface area contributed by atoms with Crippen molar-refractivity contribution < 1.29 is 14.7 Å². The van der Waals surface area contributed by atoms with E-state index in [4.69, 9.17) is 5.11 Å². The quantitative estimate of drug-likeness (QED) is 0.776. The maximum atomic E-state index is 11.9. The smallest absolute Gasteiger partial charge is 0.315 e. The van der Waals surface area contributed by atoms with Crippen molar-refractivity contribution in [3.8, 4) is 0 Å². The lowest BCUT2D eigenvalue weighted by atomic mass is 9.74. The van der Waals surface area contributed by atoms with E-state index in [1.807, 2.05) is 23.8 Å². The highest BCUT2D eigenvalue weighted by Gasteiger charge is 2.40. The van der Waals surface area contributed by atoms with Crippen LogP contribution in [-0.2, 0) is 4.79 Å². The van der Waals surface area contributed by atoms with Crippen LogP contribution >= 0.6 is 11.3 Å². The lowest BCUT2D eigenvalue weighted by Crippen LogP contribution is -2.57. The van der Waals surface area contributed by atoms with Crippen LogP contribution in [-0.4, -0.2) is 22.6 Å². The third-order valence-corrected chi connectivity index (χ3v) is 4.27. The Morgan fingerprint density at radius 1 is 1.53 bits per heavy atom. The Labute approximate surface area is 116 Å². The van der Waals surface area contributed by atoms with Crippen LogP contribution in [0.5, 0.6) is 0 Å². The molecular weight excluding hydrogens is 264 g/mol. The van der Waals surface area contributed by atoms with Gasteiger partial charge in [-0.1, -0.05) is 0 Å². The zero-order chi connectivity index (χ0) is 13.9. The van der Waals surface area contributed by atoms with Crippen LogP contribution in [0, 0.1) is 0 Å². The molecule has 0 bridgehead atoms. The highest BCUT2D eigenvalue weighted by Crippen LogP contribution is 2.34. The third-order valence-electron chi connectivity index (χ3n) is 3.57. The molecule has 1 aromatic heterocycles. The predicted molar refractivity (Wildman–Crippen MR) is 73.2 cm³/mol. The van der Waals surface area contributed by atoms with Crippen molar-refractivity contribution in [1.82, 2.24) is 10.6 Å². The zero-order valence-electron chi connectivity index (χ0n) is 10.8. The predicted octanol–water partition coefficient (Wildman–Crippen LogP) is 2.51. The molecular formula is C13H18N2O3S. The Kier molecular flexibility index (Phi) is 4.09. The van der Waals surface area contributed by atoms with Gasteiger partial charge >= 0.3 is 12.0 Å². The summed E-state index contributed by atoms with van der Waals surface area (Å²) in [7, 11) is 0. The van der Waals surface area contributed by atoms with Crippen LogP contribution in [0.2, 0.25) is 0 Å². The molecule has 1 saturated carbocycles. The summed E-state index contributed by atoms with van der Waals surface area (Å²) in [5.74, 6) is -0.870. The summed E-state index contributed by atoms with van der Waals surface area (Å²) in [5, 5.41) is 18.5. The molecule has 1 aliphatic rings. The summed E-state index contributed by atoms with van der Waals surface area (Å²) >= 11 is 1.58. The Morgan fingerprint density at radius 3 is 2.74 bits per heavy atom. The molecule has 1 unspecified atom stereocenters. The topological polar surface area (TPSA) is 78.4 Å². The van der Waals surface area contributed by atoms with Gasteiger partial charge in [0.15, 0.2) is 0 Å². The number of nitrogens with one attached hydrogen (secondary N) is 2. The molecule has 0 spiro atoms. The molecule has 5 nitrogen and oxygen atoms in total. The van der Waals surface area contributed by atoms with Gasteiger partial charge in [-0.05, 0) is 48.6 Å². The maximum Gasteiger partial charge on any atom is 0.315 e. The summed E-state index contributed by atoms with van der Waals surface area (Å²) in [6.45, 7) is 1.91. The third kappa shape index (κ3) is 3.47. The number of thiophene rings is 1. The summed E-state index contributed by atoms with van der Waals surface area (Å²) < 4.78 is 0. The molecule has 1 fully saturated rings. The van der Waals surface area contributed by atoms with Gasteiger partial charge in [0.2, 0.25) is 0 Å². The Morgan fingerprint density at radius 2 is 2.26 bits per heavy atom. The number of hydrogen-bond acceptors (Lipinski definition) is 3. The first kappa shape index (κ1) is 13.9. The number of hydrogen-bond donors (Lipinski definition) is 3. The SMILES string of the molecule is CC(NC(=O)NC1(CC(=O)O)CCC1)c1ccsc1. The standard InChI is InChI=1S/C13H18N2O3S/c1-9(10-3-6-19-8-10)14-12(18)15-13(4-2-5-13)7-11(16)17/h3,6,8-9H,2,4-5,7H2,1H3,(H,16,17)(H2,14,15,18). The molecule has 1 aliphatic carbocycles. The van der Waals surface area contributed by atoms with Crippen LogP contribution in [0.15, 0.2) is 16.8 Å². The van der Waals surface area contributed by atoms with Gasteiger partial charge in [-0.2, -0.15) is 11.3 Å². The van der Waals surface area contributed by atoms with Crippen LogP contribution < -0.4 is 10.6 Å². The van der Waals surface area contributed by atoms with Crippen molar-refractivity contribution in [1.29, 1.82) is 0 Å². The van der Waals surface area contributed by atoms with Crippen molar-refractivity contribution in [3.63, 3.8) is 0 Å².